The highest BCUT2D eigenvalue weighted by Crippen LogP contribution is 2.12. The number of amides is 1. The van der Waals surface area contributed by atoms with Crippen LogP contribution in [0.4, 0.5) is 0 Å². The molecular formula is C18H22N2OS. The minimum atomic E-state index is -0.495. The third-order valence-corrected chi connectivity index (χ3v) is 3.76. The van der Waals surface area contributed by atoms with Crippen LogP contribution in [0.5, 0.6) is 0 Å². The van der Waals surface area contributed by atoms with E-state index in [1.54, 1.807) is 0 Å². The highest BCUT2D eigenvalue weighted by molar-refractivity contribution is 7.80. The predicted molar refractivity (Wildman–Crippen MR) is 93.6 cm³/mol. The second-order valence-corrected chi connectivity index (χ2v) is 5.73. The number of nitrogens with two attached hydrogens (primary N) is 1. The van der Waals surface area contributed by atoms with Gasteiger partial charge in [-0.05, 0) is 23.3 Å². The van der Waals surface area contributed by atoms with Crippen LogP contribution < -0.4 is 5.73 Å². The van der Waals surface area contributed by atoms with Gasteiger partial charge in [0.1, 0.15) is 0 Å². The largest absolute Gasteiger partial charge is 0.333 e. The molecule has 0 aliphatic carbocycles. The Bertz CT molecular complexity index is 533. The summed E-state index contributed by atoms with van der Waals surface area (Å²) in [6.07, 6.45) is 0.585. The van der Waals surface area contributed by atoms with Crippen molar-refractivity contribution in [1.29, 1.82) is 0 Å². The molecular weight excluding hydrogens is 292 g/mol. The van der Waals surface area contributed by atoms with Crippen molar-refractivity contribution in [2.75, 3.05) is 5.75 Å². The topological polar surface area (TPSA) is 46.3 Å². The average Bonchev–Trinajstić information content (AvgIpc) is 2.56. The van der Waals surface area contributed by atoms with Crippen LogP contribution >= 0.6 is 12.6 Å². The SMILES string of the molecule is N[C@H](CCS)C(=O)N(Cc1ccccc1)Cc1ccccc1. The van der Waals surface area contributed by atoms with Crippen molar-refractivity contribution in [3.05, 3.63) is 71.8 Å². The maximum absolute atomic E-state index is 12.6. The maximum Gasteiger partial charge on any atom is 0.240 e. The lowest BCUT2D eigenvalue weighted by molar-refractivity contribution is -0.133. The second kappa shape index (κ2) is 8.61. The zero-order valence-corrected chi connectivity index (χ0v) is 13.5. The van der Waals surface area contributed by atoms with Gasteiger partial charge in [0.2, 0.25) is 5.91 Å². The highest BCUT2D eigenvalue weighted by Gasteiger charge is 2.20. The average molecular weight is 314 g/mol. The Balaban J connectivity index is 2.14. The van der Waals surface area contributed by atoms with Crippen molar-refractivity contribution in [2.24, 2.45) is 5.73 Å². The van der Waals surface area contributed by atoms with Crippen molar-refractivity contribution >= 4 is 18.5 Å². The monoisotopic (exact) mass is 314 g/mol. The van der Waals surface area contributed by atoms with Crippen LogP contribution in [0.25, 0.3) is 0 Å². The Kier molecular flexibility index (Phi) is 6.49. The summed E-state index contributed by atoms with van der Waals surface area (Å²) in [5.74, 6) is 0.582. The Morgan fingerprint density at radius 3 is 1.82 bits per heavy atom. The van der Waals surface area contributed by atoms with E-state index in [1.165, 1.54) is 0 Å². The third-order valence-electron chi connectivity index (χ3n) is 3.50. The molecule has 22 heavy (non-hydrogen) atoms. The molecule has 0 heterocycles. The van der Waals surface area contributed by atoms with Gasteiger partial charge in [0.25, 0.3) is 0 Å². The van der Waals surface area contributed by atoms with E-state index in [-0.39, 0.29) is 5.91 Å². The van der Waals surface area contributed by atoms with Gasteiger partial charge in [0, 0.05) is 13.1 Å². The zero-order chi connectivity index (χ0) is 15.8. The summed E-state index contributed by atoms with van der Waals surface area (Å²) in [5, 5.41) is 0. The van der Waals surface area contributed by atoms with E-state index in [2.05, 4.69) is 12.6 Å². The number of carbonyl (C=O) groups is 1. The highest BCUT2D eigenvalue weighted by atomic mass is 32.1. The van der Waals surface area contributed by atoms with E-state index in [1.807, 2.05) is 65.6 Å². The van der Waals surface area contributed by atoms with Crippen molar-refractivity contribution in [2.45, 2.75) is 25.6 Å². The Labute approximate surface area is 137 Å². The minimum absolute atomic E-state index is 0.0262. The number of hydrogen-bond donors (Lipinski definition) is 2. The van der Waals surface area contributed by atoms with E-state index in [4.69, 9.17) is 5.73 Å². The molecule has 2 N–H and O–H groups in total. The fourth-order valence-corrected chi connectivity index (χ4v) is 2.59. The molecule has 2 aromatic rings. The maximum atomic E-state index is 12.6. The van der Waals surface area contributed by atoms with Gasteiger partial charge in [-0.15, -0.1) is 0 Å². The number of hydrogen-bond acceptors (Lipinski definition) is 3. The molecule has 0 unspecified atom stereocenters. The molecule has 0 bridgehead atoms. The van der Waals surface area contributed by atoms with Crippen LogP contribution in [0, 0.1) is 0 Å². The molecule has 0 radical (unpaired) electrons. The van der Waals surface area contributed by atoms with Crippen molar-refractivity contribution in [1.82, 2.24) is 4.90 Å². The zero-order valence-electron chi connectivity index (χ0n) is 12.6. The van der Waals surface area contributed by atoms with E-state index in [0.29, 0.717) is 25.3 Å². The number of carbonyl (C=O) groups excluding carboxylic acids is 1. The van der Waals surface area contributed by atoms with Crippen LogP contribution in [-0.2, 0) is 17.9 Å². The summed E-state index contributed by atoms with van der Waals surface area (Å²) in [7, 11) is 0. The lowest BCUT2D eigenvalue weighted by atomic mass is 10.1. The minimum Gasteiger partial charge on any atom is -0.333 e. The number of nitrogens with zero attached hydrogens (tertiary/aromatic N) is 1. The fraction of sp³-hybridized carbons (Fsp3) is 0.278. The molecule has 0 aliphatic heterocycles. The quantitative estimate of drug-likeness (QED) is 0.772. The first kappa shape index (κ1) is 16.6. The summed E-state index contributed by atoms with van der Waals surface area (Å²) < 4.78 is 0. The molecule has 2 rings (SSSR count). The first-order valence-corrected chi connectivity index (χ1v) is 8.07. The molecule has 2 aromatic carbocycles. The van der Waals surface area contributed by atoms with Crippen molar-refractivity contribution in [3.8, 4) is 0 Å². The van der Waals surface area contributed by atoms with Crippen LogP contribution in [0.1, 0.15) is 17.5 Å². The fourth-order valence-electron chi connectivity index (χ4n) is 2.32. The van der Waals surface area contributed by atoms with E-state index in [0.717, 1.165) is 11.1 Å². The molecule has 0 saturated heterocycles. The van der Waals surface area contributed by atoms with Crippen LogP contribution in [0.15, 0.2) is 60.7 Å². The molecule has 0 spiro atoms. The molecule has 0 saturated carbocycles. The summed E-state index contributed by atoms with van der Waals surface area (Å²) in [6.45, 7) is 1.13. The van der Waals surface area contributed by atoms with Crippen LogP contribution in [0.2, 0.25) is 0 Å². The Morgan fingerprint density at radius 2 is 1.41 bits per heavy atom. The van der Waals surface area contributed by atoms with Gasteiger partial charge in [-0.3, -0.25) is 4.79 Å². The molecule has 1 amide bonds. The summed E-state index contributed by atoms with van der Waals surface area (Å²) in [6, 6.07) is 19.5. The van der Waals surface area contributed by atoms with E-state index in [9.17, 15) is 4.79 Å². The number of rotatable bonds is 7. The molecule has 4 heteroatoms. The molecule has 0 aliphatic rings. The van der Waals surface area contributed by atoms with Crippen LogP contribution in [0.3, 0.4) is 0 Å². The lowest BCUT2D eigenvalue weighted by Crippen LogP contribution is -2.43. The molecule has 0 aromatic heterocycles. The third kappa shape index (κ3) is 4.90. The van der Waals surface area contributed by atoms with Gasteiger partial charge in [0.05, 0.1) is 6.04 Å². The first-order valence-electron chi connectivity index (χ1n) is 7.44. The molecule has 116 valence electrons. The summed E-state index contributed by atoms with van der Waals surface area (Å²) >= 11 is 4.17. The second-order valence-electron chi connectivity index (χ2n) is 5.28. The van der Waals surface area contributed by atoms with E-state index >= 15 is 0 Å². The van der Waals surface area contributed by atoms with Gasteiger partial charge in [-0.2, -0.15) is 12.6 Å². The number of benzene rings is 2. The van der Waals surface area contributed by atoms with Gasteiger partial charge in [0.15, 0.2) is 0 Å². The predicted octanol–water partition coefficient (Wildman–Crippen LogP) is 2.86. The Hall–Kier alpha value is -1.78. The standard InChI is InChI=1S/C18H22N2OS/c19-17(11-12-22)18(21)20(13-15-7-3-1-4-8-15)14-16-9-5-2-6-10-16/h1-10,17,22H,11-14,19H2/t17-/m1/s1. The number of thiol groups is 1. The smallest absolute Gasteiger partial charge is 0.240 e. The van der Waals surface area contributed by atoms with Gasteiger partial charge >= 0.3 is 0 Å². The van der Waals surface area contributed by atoms with E-state index < -0.39 is 6.04 Å². The molecule has 0 fully saturated rings. The summed E-state index contributed by atoms with van der Waals surface area (Å²) in [5.41, 5.74) is 8.20. The van der Waals surface area contributed by atoms with Gasteiger partial charge in [-0.25, -0.2) is 0 Å². The molecule has 3 nitrogen and oxygen atoms in total. The van der Waals surface area contributed by atoms with Gasteiger partial charge < -0.3 is 10.6 Å². The van der Waals surface area contributed by atoms with Crippen molar-refractivity contribution < 1.29 is 4.79 Å². The summed E-state index contributed by atoms with van der Waals surface area (Å²) in [4.78, 5) is 14.4. The van der Waals surface area contributed by atoms with Gasteiger partial charge in [-0.1, -0.05) is 60.7 Å². The normalized spacial score (nSPS) is 11.9. The lowest BCUT2D eigenvalue weighted by Gasteiger charge is -2.26. The van der Waals surface area contributed by atoms with Crippen molar-refractivity contribution in [3.63, 3.8) is 0 Å². The Morgan fingerprint density at radius 1 is 0.955 bits per heavy atom. The van der Waals surface area contributed by atoms with Crippen LogP contribution in [-0.4, -0.2) is 22.6 Å². The molecule has 1 atom stereocenters. The first-order chi connectivity index (χ1) is 10.7.